The molecule has 180 valence electrons. The summed E-state index contributed by atoms with van der Waals surface area (Å²) in [7, 11) is 0. The lowest BCUT2D eigenvalue weighted by Crippen LogP contribution is -2.64. The Labute approximate surface area is 195 Å². The smallest absolute Gasteiger partial charge is 0.263 e. The number of ether oxygens (including phenoxy) is 2. The summed E-state index contributed by atoms with van der Waals surface area (Å²) in [6.07, 6.45) is -1.78. The molecule has 6 atom stereocenters. The molecule has 2 aliphatic rings. The average molecular weight is 480 g/mol. The summed E-state index contributed by atoms with van der Waals surface area (Å²) in [4.78, 5) is 17.6. The number of aliphatic hydroxyl groups excluding tert-OH is 4. The summed E-state index contributed by atoms with van der Waals surface area (Å²) in [5.41, 5.74) is 1.25. The van der Waals surface area contributed by atoms with E-state index in [1.165, 1.54) is 0 Å². The number of rotatable bonds is 7. The number of nitriles is 1. The Kier molecular flexibility index (Phi) is 8.23. The summed E-state index contributed by atoms with van der Waals surface area (Å²) in [6.45, 7) is 5.64. The molecule has 5 N–H and O–H groups in total. The summed E-state index contributed by atoms with van der Waals surface area (Å²) >= 11 is 1.13. The van der Waals surface area contributed by atoms with Crippen LogP contribution in [0.1, 0.15) is 40.6 Å². The maximum Gasteiger partial charge on any atom is 0.263 e. The van der Waals surface area contributed by atoms with Crippen LogP contribution < -0.4 is 5.32 Å². The van der Waals surface area contributed by atoms with Crippen LogP contribution in [0.4, 0.5) is 0 Å². The summed E-state index contributed by atoms with van der Waals surface area (Å²) in [5, 5.41) is 52.2. The van der Waals surface area contributed by atoms with Crippen LogP contribution in [0.25, 0.3) is 5.57 Å². The van der Waals surface area contributed by atoms with Crippen LogP contribution in [-0.4, -0.2) is 75.2 Å². The van der Waals surface area contributed by atoms with E-state index in [1.807, 2.05) is 19.9 Å². The van der Waals surface area contributed by atoms with Gasteiger partial charge in [0, 0.05) is 0 Å². The van der Waals surface area contributed by atoms with Gasteiger partial charge in [0.15, 0.2) is 6.29 Å². The quantitative estimate of drug-likeness (QED) is 0.374. The largest absolute Gasteiger partial charge is 0.496 e. The lowest BCUT2D eigenvalue weighted by Gasteiger charge is -2.40. The summed E-state index contributed by atoms with van der Waals surface area (Å²) in [6, 6.07) is 0.960. The van der Waals surface area contributed by atoms with Crippen molar-refractivity contribution < 1.29 is 34.7 Å². The van der Waals surface area contributed by atoms with Gasteiger partial charge in [-0.3, -0.25) is 4.79 Å². The van der Waals surface area contributed by atoms with Gasteiger partial charge in [-0.15, -0.1) is 11.3 Å². The Balaban J connectivity index is 1.75. The zero-order chi connectivity index (χ0) is 24.3. The summed E-state index contributed by atoms with van der Waals surface area (Å²) in [5.74, 6) is -0.0973. The zero-order valence-electron chi connectivity index (χ0n) is 18.6. The van der Waals surface area contributed by atoms with E-state index in [0.717, 1.165) is 16.9 Å². The normalized spacial score (nSPS) is 29.8. The molecular weight excluding hydrogens is 450 g/mol. The van der Waals surface area contributed by atoms with Gasteiger partial charge in [0.1, 0.15) is 45.9 Å². The van der Waals surface area contributed by atoms with E-state index in [9.17, 15) is 30.5 Å². The Hall–Kier alpha value is -2.33. The highest BCUT2D eigenvalue weighted by Gasteiger charge is 2.44. The lowest BCUT2D eigenvalue weighted by molar-refractivity contribution is -0.252. The van der Waals surface area contributed by atoms with Crippen LogP contribution in [0.5, 0.6) is 0 Å². The number of aryl methyl sites for hydroxylation is 1. The molecule has 0 radical (unpaired) electrons. The third-order valence-corrected chi connectivity index (χ3v) is 6.66. The number of aliphatic hydroxyl groups is 4. The fraction of sp³-hybridized carbons (Fsp3) is 0.591. The molecule has 1 aliphatic heterocycles. The number of hydrogen-bond donors (Lipinski definition) is 5. The fourth-order valence-electron chi connectivity index (χ4n) is 3.58. The number of allylic oxidation sites excluding steroid dienone is 4. The molecule has 1 aliphatic carbocycles. The van der Waals surface area contributed by atoms with E-state index in [0.29, 0.717) is 35.4 Å². The Morgan fingerprint density at radius 1 is 1.36 bits per heavy atom. The minimum absolute atomic E-state index is 0.267. The molecule has 33 heavy (non-hydrogen) atoms. The first kappa shape index (κ1) is 25.3. The second kappa shape index (κ2) is 10.7. The van der Waals surface area contributed by atoms with E-state index < -0.39 is 49.1 Å². The molecule has 6 unspecified atom stereocenters. The van der Waals surface area contributed by atoms with Crippen molar-refractivity contribution in [2.75, 3.05) is 13.2 Å². The molecule has 0 saturated carbocycles. The van der Waals surface area contributed by atoms with E-state index in [2.05, 4.69) is 16.4 Å². The average Bonchev–Trinajstić information content (AvgIpc) is 3.19. The van der Waals surface area contributed by atoms with Gasteiger partial charge < -0.3 is 35.2 Å². The molecular formula is C22H29N3O7S. The summed E-state index contributed by atoms with van der Waals surface area (Å²) < 4.78 is 10.8. The maximum atomic E-state index is 12.8. The van der Waals surface area contributed by atoms with E-state index in [4.69, 9.17) is 9.47 Å². The Bertz CT molecular complexity index is 968. The number of nitrogens with zero attached hydrogens (tertiary/aromatic N) is 2. The van der Waals surface area contributed by atoms with Gasteiger partial charge in [-0.1, -0.05) is 19.9 Å². The molecule has 0 bridgehead atoms. The molecule has 1 fully saturated rings. The maximum absolute atomic E-state index is 12.8. The molecule has 11 heteroatoms. The van der Waals surface area contributed by atoms with Crippen molar-refractivity contribution in [3.05, 3.63) is 33.5 Å². The Morgan fingerprint density at radius 3 is 2.73 bits per heavy atom. The van der Waals surface area contributed by atoms with E-state index >= 15 is 0 Å². The van der Waals surface area contributed by atoms with Crippen LogP contribution in [0.15, 0.2) is 17.9 Å². The van der Waals surface area contributed by atoms with Crippen molar-refractivity contribution in [3.8, 4) is 6.07 Å². The number of hydrogen-bond acceptors (Lipinski definition) is 10. The zero-order valence-corrected chi connectivity index (χ0v) is 19.5. The first-order valence-corrected chi connectivity index (χ1v) is 11.5. The van der Waals surface area contributed by atoms with Crippen molar-refractivity contribution in [2.45, 2.75) is 57.8 Å². The van der Waals surface area contributed by atoms with Gasteiger partial charge in [0.25, 0.3) is 5.91 Å². The third-order valence-electron chi connectivity index (χ3n) is 5.43. The number of carbonyl (C=O) groups is 1. The molecule has 1 aromatic rings. The highest BCUT2D eigenvalue weighted by Crippen LogP contribution is 2.35. The number of thiazole rings is 1. The molecule has 0 spiro atoms. The first-order valence-electron chi connectivity index (χ1n) is 10.7. The van der Waals surface area contributed by atoms with Gasteiger partial charge in [-0.2, -0.15) is 5.26 Å². The van der Waals surface area contributed by atoms with Crippen LogP contribution in [-0.2, 0) is 9.47 Å². The number of aromatic nitrogens is 1. The molecule has 1 aromatic heterocycles. The van der Waals surface area contributed by atoms with Crippen LogP contribution in [0.3, 0.4) is 0 Å². The molecule has 0 aromatic carbocycles. The highest BCUT2D eigenvalue weighted by molar-refractivity contribution is 7.14. The van der Waals surface area contributed by atoms with Gasteiger partial charge in [-0.05, 0) is 30.9 Å². The molecule has 2 heterocycles. The molecule has 1 saturated heterocycles. The van der Waals surface area contributed by atoms with Crippen molar-refractivity contribution in [1.82, 2.24) is 10.3 Å². The lowest BCUT2D eigenvalue weighted by atomic mass is 9.94. The first-order chi connectivity index (χ1) is 15.7. The van der Waals surface area contributed by atoms with E-state index in [-0.39, 0.29) is 4.88 Å². The van der Waals surface area contributed by atoms with E-state index in [1.54, 1.807) is 13.0 Å². The number of nitrogens with one attached hydrogen (secondary N) is 1. The third kappa shape index (κ3) is 5.60. The van der Waals surface area contributed by atoms with Gasteiger partial charge in [0.05, 0.1) is 25.0 Å². The predicted molar refractivity (Wildman–Crippen MR) is 119 cm³/mol. The molecule has 3 rings (SSSR count). The van der Waals surface area contributed by atoms with Gasteiger partial charge in [-0.25, -0.2) is 4.98 Å². The van der Waals surface area contributed by atoms with Crippen LogP contribution >= 0.6 is 11.3 Å². The minimum Gasteiger partial charge on any atom is -0.496 e. The van der Waals surface area contributed by atoms with Gasteiger partial charge in [0.2, 0.25) is 0 Å². The monoisotopic (exact) mass is 479 g/mol. The topological polar surface area (TPSA) is 165 Å². The standard InChI is InChI=1S/C22H29N3O7S/c1-10(2)9-31-14-5-4-12(6-13(14)7-23)21-24-11(3)19(33-21)20(29)25-16-18(28)17(27)15(8-26)32-22(16)30/h4-5,10,13,15-18,22,26-28,30H,6,8-9H2,1-3H3,(H,25,29). The SMILES string of the molecule is Cc1nc(C2=CC=C(OCC(C)C)C(C#N)C2)sc1C(=O)NC1C(O)OC(CO)C(O)C1O. The van der Waals surface area contributed by atoms with Crippen LogP contribution in [0, 0.1) is 30.1 Å². The number of carbonyl (C=O) groups excluding carboxylic acids is 1. The fourth-order valence-corrected chi connectivity index (χ4v) is 4.58. The molecule has 10 nitrogen and oxygen atoms in total. The minimum atomic E-state index is -1.61. The van der Waals surface area contributed by atoms with Crippen LogP contribution in [0.2, 0.25) is 0 Å². The van der Waals surface area contributed by atoms with Crippen molar-refractivity contribution in [1.29, 1.82) is 5.26 Å². The van der Waals surface area contributed by atoms with Crippen molar-refractivity contribution in [3.63, 3.8) is 0 Å². The highest BCUT2D eigenvalue weighted by atomic mass is 32.1. The second-order valence-corrected chi connectivity index (χ2v) is 9.51. The van der Waals surface area contributed by atoms with Crippen molar-refractivity contribution in [2.24, 2.45) is 11.8 Å². The number of amides is 1. The molecule has 1 amide bonds. The Morgan fingerprint density at radius 2 is 2.09 bits per heavy atom. The van der Waals surface area contributed by atoms with Gasteiger partial charge >= 0.3 is 0 Å². The second-order valence-electron chi connectivity index (χ2n) is 8.51. The van der Waals surface area contributed by atoms with Crippen molar-refractivity contribution >= 4 is 22.8 Å². The predicted octanol–water partition coefficient (Wildman–Crippen LogP) is 0.465.